The molecule has 0 atom stereocenters. The first-order valence-corrected chi connectivity index (χ1v) is 8.51. The van der Waals surface area contributed by atoms with Gasteiger partial charge < -0.3 is 5.32 Å². The number of aromatic nitrogens is 1. The molecule has 0 saturated heterocycles. The lowest BCUT2D eigenvalue weighted by atomic mass is 10.1. The minimum atomic E-state index is -0.0656. The fraction of sp³-hybridized carbons (Fsp3) is 0.353. The molecule has 0 unspecified atom stereocenters. The van der Waals surface area contributed by atoms with Crippen LogP contribution in [0.4, 0.5) is 5.13 Å². The van der Waals surface area contributed by atoms with Crippen molar-refractivity contribution in [3.63, 3.8) is 0 Å². The third-order valence-corrected chi connectivity index (χ3v) is 4.64. The zero-order chi connectivity index (χ0) is 16.4. The minimum Gasteiger partial charge on any atom is -0.352 e. The van der Waals surface area contributed by atoms with Crippen LogP contribution in [0.1, 0.15) is 41.4 Å². The Morgan fingerprint density at radius 3 is 2.52 bits per heavy atom. The highest BCUT2D eigenvalue weighted by atomic mass is 32.1. The van der Waals surface area contributed by atoms with Crippen LogP contribution in [0.5, 0.6) is 0 Å². The maximum atomic E-state index is 12.8. The fourth-order valence-electron chi connectivity index (χ4n) is 2.32. The molecular formula is C17H19N3O2S. The number of carbonyl (C=O) groups is 2. The van der Waals surface area contributed by atoms with Gasteiger partial charge in [0.05, 0.1) is 5.69 Å². The summed E-state index contributed by atoms with van der Waals surface area (Å²) in [5, 5.41) is 5.49. The SMILES string of the molecule is CC(=O)NCc1ccc(C(=O)N(c2nc(C)cs2)C2CC2)cc1. The molecule has 1 N–H and O–H groups in total. The van der Waals surface area contributed by atoms with Crippen LogP contribution in [-0.2, 0) is 11.3 Å². The van der Waals surface area contributed by atoms with Crippen molar-refractivity contribution < 1.29 is 9.59 Å². The van der Waals surface area contributed by atoms with E-state index in [1.54, 1.807) is 0 Å². The second-order valence-electron chi connectivity index (χ2n) is 5.78. The van der Waals surface area contributed by atoms with Crippen LogP contribution < -0.4 is 10.2 Å². The number of thiazole rings is 1. The molecule has 0 aliphatic heterocycles. The Labute approximate surface area is 139 Å². The first kappa shape index (κ1) is 15.7. The summed E-state index contributed by atoms with van der Waals surface area (Å²) in [6, 6.07) is 7.65. The molecule has 1 saturated carbocycles. The molecule has 2 aromatic rings. The molecule has 5 nitrogen and oxygen atoms in total. The summed E-state index contributed by atoms with van der Waals surface area (Å²) in [6.45, 7) is 3.90. The van der Waals surface area contributed by atoms with E-state index in [1.165, 1.54) is 18.3 Å². The molecule has 1 aromatic heterocycles. The van der Waals surface area contributed by atoms with Crippen molar-refractivity contribution in [3.8, 4) is 0 Å². The van der Waals surface area contributed by atoms with E-state index in [4.69, 9.17) is 0 Å². The lowest BCUT2D eigenvalue weighted by Gasteiger charge is -2.19. The minimum absolute atomic E-state index is 0.00655. The Morgan fingerprint density at radius 1 is 1.30 bits per heavy atom. The van der Waals surface area contributed by atoms with E-state index in [0.29, 0.717) is 12.1 Å². The maximum Gasteiger partial charge on any atom is 0.260 e. The monoisotopic (exact) mass is 329 g/mol. The average Bonchev–Trinajstić information content (AvgIpc) is 3.27. The molecule has 1 fully saturated rings. The zero-order valence-corrected chi connectivity index (χ0v) is 14.0. The Bertz CT molecular complexity index is 720. The van der Waals surface area contributed by atoms with Crippen LogP contribution >= 0.6 is 11.3 Å². The Hall–Kier alpha value is -2.21. The van der Waals surface area contributed by atoms with E-state index in [-0.39, 0.29) is 17.9 Å². The van der Waals surface area contributed by atoms with Crippen molar-refractivity contribution in [1.29, 1.82) is 0 Å². The van der Waals surface area contributed by atoms with Crippen molar-refractivity contribution in [3.05, 3.63) is 46.5 Å². The van der Waals surface area contributed by atoms with E-state index in [1.807, 2.05) is 41.5 Å². The van der Waals surface area contributed by atoms with Gasteiger partial charge in [0.1, 0.15) is 0 Å². The number of aryl methyl sites for hydroxylation is 1. The second-order valence-corrected chi connectivity index (χ2v) is 6.62. The van der Waals surface area contributed by atoms with Crippen molar-refractivity contribution in [1.82, 2.24) is 10.3 Å². The second kappa shape index (κ2) is 6.50. The first-order valence-electron chi connectivity index (χ1n) is 7.63. The summed E-state index contributed by atoms with van der Waals surface area (Å²) < 4.78 is 0. The van der Waals surface area contributed by atoms with E-state index in [9.17, 15) is 9.59 Å². The van der Waals surface area contributed by atoms with Gasteiger partial charge in [-0.3, -0.25) is 14.5 Å². The number of nitrogens with zero attached hydrogens (tertiary/aromatic N) is 2. The number of amides is 2. The third kappa shape index (κ3) is 3.76. The Kier molecular flexibility index (Phi) is 4.43. The summed E-state index contributed by atoms with van der Waals surface area (Å²) >= 11 is 1.51. The third-order valence-electron chi connectivity index (χ3n) is 3.69. The Balaban J connectivity index is 1.76. The molecule has 1 aromatic carbocycles. The Morgan fingerprint density at radius 2 is 2.00 bits per heavy atom. The molecule has 0 bridgehead atoms. The number of carbonyl (C=O) groups excluding carboxylic acids is 2. The van der Waals surface area contributed by atoms with E-state index >= 15 is 0 Å². The molecule has 1 heterocycles. The quantitative estimate of drug-likeness (QED) is 0.917. The summed E-state index contributed by atoms with van der Waals surface area (Å²) in [4.78, 5) is 30.1. The summed E-state index contributed by atoms with van der Waals surface area (Å²) in [5.74, 6) is -0.0721. The first-order chi connectivity index (χ1) is 11.0. The molecule has 6 heteroatoms. The lowest BCUT2D eigenvalue weighted by Crippen LogP contribution is -2.33. The number of anilines is 1. The average molecular weight is 329 g/mol. The topological polar surface area (TPSA) is 62.3 Å². The number of benzene rings is 1. The van der Waals surface area contributed by atoms with Gasteiger partial charge in [-0.15, -0.1) is 11.3 Å². The van der Waals surface area contributed by atoms with Gasteiger partial charge in [0, 0.05) is 30.5 Å². The highest BCUT2D eigenvalue weighted by Crippen LogP contribution is 2.34. The molecule has 23 heavy (non-hydrogen) atoms. The van der Waals surface area contributed by atoms with Gasteiger partial charge in [-0.25, -0.2) is 4.98 Å². The molecular weight excluding hydrogens is 310 g/mol. The zero-order valence-electron chi connectivity index (χ0n) is 13.2. The van der Waals surface area contributed by atoms with Crippen LogP contribution in [0.3, 0.4) is 0 Å². The van der Waals surface area contributed by atoms with Crippen molar-refractivity contribution in [2.24, 2.45) is 0 Å². The number of nitrogens with one attached hydrogen (secondary N) is 1. The van der Waals surface area contributed by atoms with Gasteiger partial charge in [-0.2, -0.15) is 0 Å². The number of hydrogen-bond acceptors (Lipinski definition) is 4. The van der Waals surface area contributed by atoms with Crippen LogP contribution in [0.15, 0.2) is 29.6 Å². The van der Waals surface area contributed by atoms with Crippen LogP contribution in [0, 0.1) is 6.92 Å². The van der Waals surface area contributed by atoms with Crippen molar-refractivity contribution >= 4 is 28.3 Å². The van der Waals surface area contributed by atoms with Gasteiger partial charge in [0.2, 0.25) is 5.91 Å². The molecule has 3 rings (SSSR count). The van der Waals surface area contributed by atoms with Gasteiger partial charge in [-0.05, 0) is 37.5 Å². The van der Waals surface area contributed by atoms with Gasteiger partial charge in [-0.1, -0.05) is 12.1 Å². The maximum absolute atomic E-state index is 12.8. The highest BCUT2D eigenvalue weighted by molar-refractivity contribution is 7.14. The van der Waals surface area contributed by atoms with Gasteiger partial charge in [0.25, 0.3) is 5.91 Å². The van der Waals surface area contributed by atoms with Gasteiger partial charge >= 0.3 is 0 Å². The fourth-order valence-corrected chi connectivity index (χ4v) is 3.20. The van der Waals surface area contributed by atoms with Gasteiger partial charge in [0.15, 0.2) is 5.13 Å². The van der Waals surface area contributed by atoms with Crippen molar-refractivity contribution in [2.45, 2.75) is 39.3 Å². The molecule has 0 radical (unpaired) electrons. The van der Waals surface area contributed by atoms with E-state index in [0.717, 1.165) is 29.2 Å². The largest absolute Gasteiger partial charge is 0.352 e. The highest BCUT2D eigenvalue weighted by Gasteiger charge is 2.35. The number of hydrogen-bond donors (Lipinski definition) is 1. The molecule has 1 aliphatic rings. The van der Waals surface area contributed by atoms with E-state index < -0.39 is 0 Å². The summed E-state index contributed by atoms with van der Waals surface area (Å²) in [7, 11) is 0. The predicted molar refractivity (Wildman–Crippen MR) is 90.6 cm³/mol. The van der Waals surface area contributed by atoms with Crippen LogP contribution in [0.25, 0.3) is 0 Å². The van der Waals surface area contributed by atoms with Crippen LogP contribution in [0.2, 0.25) is 0 Å². The van der Waals surface area contributed by atoms with E-state index in [2.05, 4.69) is 10.3 Å². The molecule has 1 aliphatic carbocycles. The predicted octanol–water partition coefficient (Wildman–Crippen LogP) is 2.90. The smallest absolute Gasteiger partial charge is 0.260 e. The standard InChI is InChI=1S/C17H19N3O2S/c1-11-10-23-17(19-11)20(15-7-8-15)16(22)14-5-3-13(4-6-14)9-18-12(2)21/h3-6,10,15H,7-9H2,1-2H3,(H,18,21). The van der Waals surface area contributed by atoms with Crippen molar-refractivity contribution in [2.75, 3.05) is 4.90 Å². The normalized spacial score (nSPS) is 13.7. The summed E-state index contributed by atoms with van der Waals surface area (Å²) in [6.07, 6.45) is 2.07. The molecule has 0 spiro atoms. The summed E-state index contributed by atoms with van der Waals surface area (Å²) in [5.41, 5.74) is 2.56. The van der Waals surface area contributed by atoms with Crippen LogP contribution in [-0.4, -0.2) is 22.8 Å². The lowest BCUT2D eigenvalue weighted by molar-refractivity contribution is -0.119. The molecule has 120 valence electrons. The molecule has 2 amide bonds. The number of rotatable bonds is 5.